The third kappa shape index (κ3) is 4.42. The molecule has 2 aliphatic rings. The predicted octanol–water partition coefficient (Wildman–Crippen LogP) is 4.73. The fourth-order valence-corrected chi connectivity index (χ4v) is 3.38. The molecule has 4 rings (SSSR count). The van der Waals surface area contributed by atoms with E-state index in [-0.39, 0.29) is 23.7 Å². The molecule has 0 spiro atoms. The maximum Gasteiger partial charge on any atom is 0.573 e. The van der Waals surface area contributed by atoms with Gasteiger partial charge in [-0.25, -0.2) is 0 Å². The Balaban J connectivity index is 1.37. The highest BCUT2D eigenvalue weighted by molar-refractivity contribution is 5.76. The van der Waals surface area contributed by atoms with Crippen LogP contribution < -0.4 is 9.47 Å². The van der Waals surface area contributed by atoms with Gasteiger partial charge in [-0.15, -0.1) is 13.2 Å². The largest absolute Gasteiger partial charge is 0.573 e. The van der Waals surface area contributed by atoms with Crippen LogP contribution in [-0.2, 0) is 9.53 Å². The van der Waals surface area contributed by atoms with Crippen molar-refractivity contribution < 1.29 is 32.2 Å². The lowest BCUT2D eigenvalue weighted by Crippen LogP contribution is -2.25. The fraction of sp³-hybridized carbons (Fsp3) is 0.350. The van der Waals surface area contributed by atoms with E-state index in [9.17, 15) is 18.0 Å². The summed E-state index contributed by atoms with van der Waals surface area (Å²) in [6.07, 6.45) is -1.77. The first-order chi connectivity index (χ1) is 12.9. The first-order valence-corrected chi connectivity index (χ1v) is 8.71. The molecule has 1 aliphatic carbocycles. The van der Waals surface area contributed by atoms with Crippen molar-refractivity contribution in [2.45, 2.75) is 37.8 Å². The summed E-state index contributed by atoms with van der Waals surface area (Å²) in [5, 5.41) is 0. The molecule has 0 bridgehead atoms. The van der Waals surface area contributed by atoms with Crippen LogP contribution in [0.1, 0.15) is 19.3 Å². The molecule has 142 valence electrons. The topological polar surface area (TPSA) is 48.1 Å². The number of halogens is 3. The maximum atomic E-state index is 12.3. The van der Waals surface area contributed by atoms with Crippen LogP contribution in [0.15, 0.2) is 48.5 Å². The highest BCUT2D eigenvalue weighted by atomic mass is 19.4. The number of carbonyl (C=O) groups excluding carboxylic acids is 1. The lowest BCUT2D eigenvalue weighted by atomic mass is 9.89. The van der Waals surface area contributed by atoms with E-state index in [2.05, 4.69) is 4.74 Å². The van der Waals surface area contributed by atoms with Gasteiger partial charge >= 0.3 is 12.3 Å². The zero-order chi connectivity index (χ0) is 19.0. The van der Waals surface area contributed by atoms with Crippen molar-refractivity contribution in [1.82, 2.24) is 0 Å². The number of carbonyl (C=O) groups is 1. The van der Waals surface area contributed by atoms with Crippen LogP contribution in [0.25, 0.3) is 11.1 Å². The molecule has 1 saturated carbocycles. The van der Waals surface area contributed by atoms with Crippen LogP contribution in [0.4, 0.5) is 13.2 Å². The number of fused-ring (bicyclic) bond motifs is 1. The molecule has 1 heterocycles. The van der Waals surface area contributed by atoms with Crippen molar-refractivity contribution in [2.75, 3.05) is 0 Å². The minimum absolute atomic E-state index is 0.130. The monoisotopic (exact) mass is 378 g/mol. The summed E-state index contributed by atoms with van der Waals surface area (Å²) >= 11 is 0. The molecule has 1 aliphatic heterocycles. The van der Waals surface area contributed by atoms with E-state index in [1.54, 1.807) is 24.3 Å². The predicted molar refractivity (Wildman–Crippen MR) is 90.2 cm³/mol. The van der Waals surface area contributed by atoms with Gasteiger partial charge < -0.3 is 14.2 Å². The second-order valence-electron chi connectivity index (χ2n) is 6.74. The normalized spacial score (nSPS) is 24.0. The van der Waals surface area contributed by atoms with E-state index < -0.39 is 6.36 Å². The minimum atomic E-state index is -4.71. The molecular formula is C20H17F3O4. The van der Waals surface area contributed by atoms with Gasteiger partial charge in [-0.3, -0.25) is 4.79 Å². The zero-order valence-electron chi connectivity index (χ0n) is 14.2. The van der Waals surface area contributed by atoms with Crippen molar-refractivity contribution >= 4 is 5.97 Å². The first kappa shape index (κ1) is 17.9. The quantitative estimate of drug-likeness (QED) is 0.439. The van der Waals surface area contributed by atoms with E-state index in [0.29, 0.717) is 18.3 Å². The summed E-state index contributed by atoms with van der Waals surface area (Å²) in [5.74, 6) is -0.203. The summed E-state index contributed by atoms with van der Waals surface area (Å²) in [6, 6.07) is 12.4. The number of esters is 1. The highest BCUT2D eigenvalue weighted by Crippen LogP contribution is 2.40. The van der Waals surface area contributed by atoms with Crippen molar-refractivity contribution in [3.8, 4) is 22.6 Å². The van der Waals surface area contributed by atoms with E-state index in [1.165, 1.54) is 24.3 Å². The Kier molecular flexibility index (Phi) is 4.55. The van der Waals surface area contributed by atoms with Gasteiger partial charge in [0.25, 0.3) is 0 Å². The molecule has 3 unspecified atom stereocenters. The molecule has 0 N–H and O–H groups in total. The number of benzene rings is 2. The maximum absolute atomic E-state index is 12.3. The summed E-state index contributed by atoms with van der Waals surface area (Å²) < 4.78 is 51.3. The Morgan fingerprint density at radius 2 is 1.48 bits per heavy atom. The van der Waals surface area contributed by atoms with Gasteiger partial charge in [-0.05, 0) is 54.7 Å². The Hall–Kier alpha value is -2.54. The molecule has 2 aromatic rings. The summed E-state index contributed by atoms with van der Waals surface area (Å²) in [5.41, 5.74) is 1.52. The van der Waals surface area contributed by atoms with Crippen molar-refractivity contribution in [3.05, 3.63) is 48.5 Å². The molecule has 3 atom stereocenters. The Morgan fingerprint density at radius 3 is 2.04 bits per heavy atom. The van der Waals surface area contributed by atoms with Gasteiger partial charge in [-0.1, -0.05) is 24.3 Å². The third-order valence-corrected chi connectivity index (χ3v) is 4.83. The van der Waals surface area contributed by atoms with E-state index in [4.69, 9.17) is 9.47 Å². The molecule has 2 fully saturated rings. The SMILES string of the molecule is O=C(Oc1ccc(-c2ccc(OC(F)(F)F)cc2)cc1)C1CCC2OC2C1. The van der Waals surface area contributed by atoms with Crippen LogP contribution in [0.3, 0.4) is 0 Å². The summed E-state index contributed by atoms with van der Waals surface area (Å²) in [4.78, 5) is 12.3. The van der Waals surface area contributed by atoms with Crippen molar-refractivity contribution in [1.29, 1.82) is 0 Å². The number of ether oxygens (including phenoxy) is 3. The third-order valence-electron chi connectivity index (χ3n) is 4.83. The van der Waals surface area contributed by atoms with Gasteiger partial charge in [0.2, 0.25) is 0 Å². The van der Waals surface area contributed by atoms with Crippen molar-refractivity contribution in [3.63, 3.8) is 0 Å². The number of hydrogen-bond donors (Lipinski definition) is 0. The molecule has 27 heavy (non-hydrogen) atoms. The van der Waals surface area contributed by atoms with Crippen LogP contribution in [-0.4, -0.2) is 24.5 Å². The standard InChI is InChI=1S/C20H17F3O4/c21-20(22,23)27-16-8-3-13(4-9-16)12-1-6-15(7-2-12)25-19(24)14-5-10-17-18(11-14)26-17/h1-4,6-9,14,17-18H,5,10-11H2. The number of rotatable bonds is 4. The second-order valence-corrected chi connectivity index (χ2v) is 6.74. The number of hydrogen-bond acceptors (Lipinski definition) is 4. The van der Waals surface area contributed by atoms with E-state index >= 15 is 0 Å². The Morgan fingerprint density at radius 1 is 0.889 bits per heavy atom. The second kappa shape index (κ2) is 6.88. The highest BCUT2D eigenvalue weighted by Gasteiger charge is 2.46. The molecular weight excluding hydrogens is 361 g/mol. The van der Waals surface area contributed by atoms with Gasteiger partial charge in [0, 0.05) is 0 Å². The number of alkyl halides is 3. The molecule has 0 aromatic heterocycles. The summed E-state index contributed by atoms with van der Waals surface area (Å²) in [7, 11) is 0. The van der Waals surface area contributed by atoms with Crippen LogP contribution in [0.5, 0.6) is 11.5 Å². The summed E-state index contributed by atoms with van der Waals surface area (Å²) in [6.45, 7) is 0. The molecule has 2 aromatic carbocycles. The van der Waals surface area contributed by atoms with Crippen LogP contribution in [0, 0.1) is 5.92 Å². The van der Waals surface area contributed by atoms with Crippen molar-refractivity contribution in [2.24, 2.45) is 5.92 Å². The Labute approximate surface area is 153 Å². The van der Waals surface area contributed by atoms with Gasteiger partial charge in [0.15, 0.2) is 0 Å². The van der Waals surface area contributed by atoms with E-state index in [0.717, 1.165) is 24.0 Å². The lowest BCUT2D eigenvalue weighted by molar-refractivity contribution is -0.274. The lowest BCUT2D eigenvalue weighted by Gasteiger charge is -2.17. The smallest absolute Gasteiger partial charge is 0.426 e. The molecule has 1 saturated heterocycles. The number of epoxide rings is 1. The van der Waals surface area contributed by atoms with Crippen LogP contribution >= 0.6 is 0 Å². The fourth-order valence-electron chi connectivity index (χ4n) is 3.38. The molecule has 4 nitrogen and oxygen atoms in total. The van der Waals surface area contributed by atoms with Crippen LogP contribution in [0.2, 0.25) is 0 Å². The average molecular weight is 378 g/mol. The first-order valence-electron chi connectivity index (χ1n) is 8.71. The van der Waals surface area contributed by atoms with E-state index in [1.807, 2.05) is 0 Å². The molecule has 0 radical (unpaired) electrons. The zero-order valence-corrected chi connectivity index (χ0v) is 14.2. The molecule has 7 heteroatoms. The molecule has 0 amide bonds. The van der Waals surface area contributed by atoms with Gasteiger partial charge in [0.1, 0.15) is 11.5 Å². The van der Waals surface area contributed by atoms with Gasteiger partial charge in [-0.2, -0.15) is 0 Å². The minimum Gasteiger partial charge on any atom is -0.426 e. The average Bonchev–Trinajstić information content (AvgIpc) is 3.40. The van der Waals surface area contributed by atoms with Gasteiger partial charge in [0.05, 0.1) is 18.1 Å². The Bertz CT molecular complexity index is 815.